The third-order valence-electron chi connectivity index (χ3n) is 3.66. The van der Waals surface area contributed by atoms with Crippen molar-refractivity contribution in [3.8, 4) is 0 Å². The molecule has 2 aromatic rings. The molecule has 0 heteroatoms. The van der Waals surface area contributed by atoms with E-state index in [2.05, 4.69) is 61.5 Å². The molecule has 1 unspecified atom stereocenters. The van der Waals surface area contributed by atoms with E-state index in [1.165, 1.54) is 23.1 Å². The molecule has 0 saturated carbocycles. The van der Waals surface area contributed by atoms with Crippen LogP contribution in [0.15, 0.2) is 54.6 Å². The molecular formula is C16H16. The van der Waals surface area contributed by atoms with Crippen LogP contribution >= 0.6 is 0 Å². The lowest BCUT2D eigenvalue weighted by Crippen LogP contribution is -2.04. The zero-order valence-corrected chi connectivity index (χ0v) is 9.56. The van der Waals surface area contributed by atoms with Crippen molar-refractivity contribution in [3.63, 3.8) is 0 Å². The largest absolute Gasteiger partial charge is 0.0622 e. The van der Waals surface area contributed by atoms with Crippen molar-refractivity contribution < 1.29 is 0 Å². The van der Waals surface area contributed by atoms with Gasteiger partial charge < -0.3 is 0 Å². The van der Waals surface area contributed by atoms with Crippen LogP contribution in [0.2, 0.25) is 0 Å². The van der Waals surface area contributed by atoms with E-state index in [0.717, 1.165) is 5.92 Å². The maximum Gasteiger partial charge on any atom is 0.0121 e. The number of hydrogen-bond acceptors (Lipinski definition) is 0. The summed E-state index contributed by atoms with van der Waals surface area (Å²) < 4.78 is 0. The quantitative estimate of drug-likeness (QED) is 0.664. The van der Waals surface area contributed by atoms with Crippen molar-refractivity contribution in [1.82, 2.24) is 0 Å². The third-order valence-corrected chi connectivity index (χ3v) is 3.66. The number of rotatable bonds is 1. The highest BCUT2D eigenvalue weighted by Gasteiger charge is 2.29. The number of hydrogen-bond donors (Lipinski definition) is 0. The Hall–Kier alpha value is -1.56. The Labute approximate surface area is 96.9 Å². The fraction of sp³-hybridized carbons (Fsp3) is 0.250. The molecule has 16 heavy (non-hydrogen) atoms. The molecular weight excluding hydrogens is 192 g/mol. The number of fused-ring (bicyclic) bond motifs is 1. The van der Waals surface area contributed by atoms with Gasteiger partial charge in [0.2, 0.25) is 0 Å². The van der Waals surface area contributed by atoms with Gasteiger partial charge in [-0.2, -0.15) is 0 Å². The Bertz CT molecular complexity index is 484. The molecule has 1 aliphatic carbocycles. The maximum atomic E-state index is 2.36. The van der Waals surface area contributed by atoms with Crippen molar-refractivity contribution in [2.45, 2.75) is 19.3 Å². The molecule has 0 aromatic heterocycles. The Morgan fingerprint density at radius 1 is 0.875 bits per heavy atom. The van der Waals surface area contributed by atoms with E-state index in [-0.39, 0.29) is 0 Å². The molecule has 0 heterocycles. The minimum atomic E-state index is 0.595. The van der Waals surface area contributed by atoms with Gasteiger partial charge in [0.25, 0.3) is 0 Å². The molecule has 0 amide bonds. The first-order valence-corrected chi connectivity index (χ1v) is 5.99. The monoisotopic (exact) mass is 208 g/mol. The SMILES string of the molecule is C[C@H]1Cc2ccccc2C1c1ccccc1. The Morgan fingerprint density at radius 3 is 2.38 bits per heavy atom. The van der Waals surface area contributed by atoms with Crippen LogP contribution in [-0.2, 0) is 6.42 Å². The van der Waals surface area contributed by atoms with Gasteiger partial charge in [-0.25, -0.2) is 0 Å². The second-order valence-corrected chi connectivity index (χ2v) is 4.77. The van der Waals surface area contributed by atoms with Crippen LogP contribution < -0.4 is 0 Å². The summed E-state index contributed by atoms with van der Waals surface area (Å²) in [6.45, 7) is 2.36. The summed E-state index contributed by atoms with van der Waals surface area (Å²) >= 11 is 0. The molecule has 0 bridgehead atoms. The van der Waals surface area contributed by atoms with E-state index in [9.17, 15) is 0 Å². The van der Waals surface area contributed by atoms with Gasteiger partial charge in [-0.05, 0) is 29.0 Å². The fourth-order valence-corrected chi connectivity index (χ4v) is 2.96. The summed E-state index contributed by atoms with van der Waals surface area (Å²) in [6, 6.07) is 19.8. The second-order valence-electron chi connectivity index (χ2n) is 4.77. The molecule has 0 fully saturated rings. The molecule has 1 aliphatic rings. The molecule has 0 radical (unpaired) electrons. The van der Waals surface area contributed by atoms with Gasteiger partial charge in [-0.15, -0.1) is 0 Å². The minimum absolute atomic E-state index is 0.595. The molecule has 0 spiro atoms. The molecule has 3 rings (SSSR count). The molecule has 0 saturated heterocycles. The van der Waals surface area contributed by atoms with Crippen LogP contribution in [0.1, 0.15) is 29.5 Å². The van der Waals surface area contributed by atoms with E-state index in [4.69, 9.17) is 0 Å². The van der Waals surface area contributed by atoms with Crippen LogP contribution in [0.3, 0.4) is 0 Å². The van der Waals surface area contributed by atoms with Gasteiger partial charge in [0.05, 0.1) is 0 Å². The summed E-state index contributed by atoms with van der Waals surface area (Å²) in [5.74, 6) is 1.32. The van der Waals surface area contributed by atoms with Gasteiger partial charge in [0, 0.05) is 5.92 Å². The lowest BCUT2D eigenvalue weighted by molar-refractivity contribution is 0.557. The first-order valence-electron chi connectivity index (χ1n) is 5.99. The van der Waals surface area contributed by atoms with Gasteiger partial charge in [0.15, 0.2) is 0 Å². The van der Waals surface area contributed by atoms with E-state index in [1.807, 2.05) is 0 Å². The minimum Gasteiger partial charge on any atom is -0.0622 e. The number of benzene rings is 2. The summed E-state index contributed by atoms with van der Waals surface area (Å²) in [5, 5.41) is 0. The predicted molar refractivity (Wildman–Crippen MR) is 67.6 cm³/mol. The Balaban J connectivity index is 2.09. The van der Waals surface area contributed by atoms with E-state index in [1.54, 1.807) is 0 Å². The van der Waals surface area contributed by atoms with Crippen LogP contribution in [0.25, 0.3) is 0 Å². The van der Waals surface area contributed by atoms with Crippen LogP contribution in [0, 0.1) is 5.92 Å². The standard InChI is InChI=1S/C16H16/c1-12-11-14-9-5-6-10-15(14)16(12)13-7-3-2-4-8-13/h2-10,12,16H,11H2,1H3/t12-,16?/m0/s1. The third kappa shape index (κ3) is 1.46. The molecule has 2 atom stereocenters. The summed E-state index contributed by atoms with van der Waals surface area (Å²) in [7, 11) is 0. The molecule has 0 nitrogen and oxygen atoms in total. The normalized spacial score (nSPS) is 23.1. The van der Waals surface area contributed by atoms with Crippen molar-refractivity contribution in [2.75, 3.05) is 0 Å². The highest BCUT2D eigenvalue weighted by atomic mass is 14.3. The van der Waals surface area contributed by atoms with Crippen molar-refractivity contribution in [3.05, 3.63) is 71.3 Å². The summed E-state index contributed by atoms with van der Waals surface area (Å²) in [5.41, 5.74) is 4.52. The average molecular weight is 208 g/mol. The van der Waals surface area contributed by atoms with E-state index in [0.29, 0.717) is 5.92 Å². The van der Waals surface area contributed by atoms with Crippen molar-refractivity contribution in [2.24, 2.45) is 5.92 Å². The lowest BCUT2D eigenvalue weighted by Gasteiger charge is -2.17. The molecule has 80 valence electrons. The molecule has 2 aromatic carbocycles. The topological polar surface area (TPSA) is 0 Å². The van der Waals surface area contributed by atoms with Gasteiger partial charge in [-0.1, -0.05) is 61.5 Å². The fourth-order valence-electron chi connectivity index (χ4n) is 2.96. The zero-order valence-electron chi connectivity index (χ0n) is 9.56. The zero-order chi connectivity index (χ0) is 11.0. The van der Waals surface area contributed by atoms with Crippen LogP contribution in [-0.4, -0.2) is 0 Å². The summed E-state index contributed by atoms with van der Waals surface area (Å²) in [6.07, 6.45) is 1.22. The predicted octanol–water partition coefficient (Wildman–Crippen LogP) is 4.01. The Kier molecular flexibility index (Phi) is 2.28. The van der Waals surface area contributed by atoms with Gasteiger partial charge >= 0.3 is 0 Å². The van der Waals surface area contributed by atoms with E-state index < -0.39 is 0 Å². The first kappa shape index (κ1) is 9.65. The van der Waals surface area contributed by atoms with Crippen LogP contribution in [0.4, 0.5) is 0 Å². The van der Waals surface area contributed by atoms with Gasteiger partial charge in [0.1, 0.15) is 0 Å². The molecule has 0 aliphatic heterocycles. The first-order chi connectivity index (χ1) is 7.86. The summed E-state index contributed by atoms with van der Waals surface area (Å²) in [4.78, 5) is 0. The van der Waals surface area contributed by atoms with E-state index >= 15 is 0 Å². The lowest BCUT2D eigenvalue weighted by atomic mass is 9.87. The van der Waals surface area contributed by atoms with Crippen molar-refractivity contribution in [1.29, 1.82) is 0 Å². The highest BCUT2D eigenvalue weighted by molar-refractivity contribution is 5.43. The van der Waals surface area contributed by atoms with Gasteiger partial charge in [-0.3, -0.25) is 0 Å². The van der Waals surface area contributed by atoms with Crippen molar-refractivity contribution >= 4 is 0 Å². The Morgan fingerprint density at radius 2 is 1.56 bits per heavy atom. The average Bonchev–Trinajstić information content (AvgIpc) is 2.66. The highest BCUT2D eigenvalue weighted by Crippen LogP contribution is 2.41. The van der Waals surface area contributed by atoms with Crippen LogP contribution in [0.5, 0.6) is 0 Å². The maximum absolute atomic E-state index is 2.36. The smallest absolute Gasteiger partial charge is 0.0121 e. The molecule has 0 N–H and O–H groups in total. The second kappa shape index (κ2) is 3.79.